The minimum Gasteiger partial charge on any atom is -0.307 e. The lowest BCUT2D eigenvalue weighted by Crippen LogP contribution is -2.10. The smallest absolute Gasteiger partial charge is 0.307 e. The highest BCUT2D eigenvalue weighted by atomic mass is 32.1. The summed E-state index contributed by atoms with van der Waals surface area (Å²) in [5, 5.41) is 0. The lowest BCUT2D eigenvalue weighted by Gasteiger charge is -1.99. The molecule has 1 heterocycles. The average Bonchev–Trinajstić information content (AvgIpc) is 2.18. The van der Waals surface area contributed by atoms with E-state index in [0.717, 1.165) is 11.3 Å². The molecule has 14 heavy (non-hydrogen) atoms. The summed E-state index contributed by atoms with van der Waals surface area (Å²) in [6.45, 7) is 0. The fraction of sp³-hybridized carbons (Fsp3) is 0. The molecular formula is C10H8N2OS. The topological polar surface area (TPSA) is 48.6 Å². The summed E-state index contributed by atoms with van der Waals surface area (Å²) in [6.07, 6.45) is 0. The Bertz CT molecular complexity index is 514. The number of aromatic amines is 2. The van der Waals surface area contributed by atoms with E-state index < -0.39 is 0 Å². The van der Waals surface area contributed by atoms with Crippen LogP contribution in [-0.2, 0) is 0 Å². The molecule has 0 bridgehead atoms. The van der Waals surface area contributed by atoms with Crippen molar-refractivity contribution in [1.82, 2.24) is 9.97 Å². The third-order valence-electron chi connectivity index (χ3n) is 1.85. The van der Waals surface area contributed by atoms with Crippen LogP contribution in [0, 0.1) is 4.64 Å². The first-order valence-corrected chi connectivity index (χ1v) is 4.55. The Kier molecular flexibility index (Phi) is 2.28. The standard InChI is InChI=1S/C10H8N2OS/c13-10-11-8(6-9(14)12-10)7-4-2-1-3-5-7/h1-6H,(H2,11,12,13,14). The van der Waals surface area contributed by atoms with Gasteiger partial charge in [-0.1, -0.05) is 42.5 Å². The summed E-state index contributed by atoms with van der Waals surface area (Å²) in [7, 11) is 0. The van der Waals surface area contributed by atoms with Gasteiger partial charge < -0.3 is 4.98 Å². The van der Waals surface area contributed by atoms with Crippen LogP contribution in [0.15, 0.2) is 41.2 Å². The van der Waals surface area contributed by atoms with Crippen LogP contribution in [0.1, 0.15) is 0 Å². The molecule has 70 valence electrons. The summed E-state index contributed by atoms with van der Waals surface area (Å²) >= 11 is 4.91. The molecule has 0 saturated carbocycles. The van der Waals surface area contributed by atoms with E-state index in [4.69, 9.17) is 12.2 Å². The van der Waals surface area contributed by atoms with E-state index in [0.29, 0.717) is 4.64 Å². The summed E-state index contributed by atoms with van der Waals surface area (Å²) in [5.74, 6) is 0. The van der Waals surface area contributed by atoms with Crippen molar-refractivity contribution in [1.29, 1.82) is 0 Å². The maximum Gasteiger partial charge on any atom is 0.324 e. The van der Waals surface area contributed by atoms with Gasteiger partial charge in [-0.3, -0.25) is 4.98 Å². The molecule has 4 heteroatoms. The number of nitrogens with one attached hydrogen (secondary N) is 2. The highest BCUT2D eigenvalue weighted by Gasteiger charge is 1.96. The van der Waals surface area contributed by atoms with Crippen molar-refractivity contribution in [2.24, 2.45) is 0 Å². The molecule has 2 rings (SSSR count). The summed E-state index contributed by atoms with van der Waals surface area (Å²) in [5.41, 5.74) is 1.40. The molecule has 0 radical (unpaired) electrons. The number of hydrogen-bond donors (Lipinski definition) is 2. The van der Waals surface area contributed by atoms with Gasteiger partial charge in [-0.05, 0) is 11.6 Å². The molecular weight excluding hydrogens is 196 g/mol. The van der Waals surface area contributed by atoms with Crippen LogP contribution in [0.5, 0.6) is 0 Å². The minimum absolute atomic E-state index is 0.281. The number of rotatable bonds is 1. The Hall–Kier alpha value is -1.68. The molecule has 3 nitrogen and oxygen atoms in total. The van der Waals surface area contributed by atoms with Crippen LogP contribution in [0.25, 0.3) is 11.3 Å². The van der Waals surface area contributed by atoms with Crippen LogP contribution in [0.2, 0.25) is 0 Å². The highest BCUT2D eigenvalue weighted by Crippen LogP contribution is 2.13. The Morgan fingerprint density at radius 1 is 1.07 bits per heavy atom. The van der Waals surface area contributed by atoms with Gasteiger partial charge in [0.15, 0.2) is 0 Å². The molecule has 0 unspecified atom stereocenters. The fourth-order valence-electron chi connectivity index (χ4n) is 1.24. The van der Waals surface area contributed by atoms with Crippen molar-refractivity contribution >= 4 is 12.2 Å². The molecule has 0 saturated heterocycles. The second-order valence-electron chi connectivity index (χ2n) is 2.87. The maximum absolute atomic E-state index is 11.1. The number of aromatic nitrogens is 2. The van der Waals surface area contributed by atoms with Gasteiger partial charge in [0, 0.05) is 0 Å². The molecule has 1 aromatic heterocycles. The van der Waals surface area contributed by atoms with Gasteiger partial charge in [0.05, 0.1) is 5.69 Å². The van der Waals surface area contributed by atoms with Crippen molar-refractivity contribution in [3.05, 3.63) is 51.5 Å². The van der Waals surface area contributed by atoms with Crippen molar-refractivity contribution in [2.45, 2.75) is 0 Å². The van der Waals surface area contributed by atoms with Gasteiger partial charge in [0.2, 0.25) is 0 Å². The zero-order valence-corrected chi connectivity index (χ0v) is 8.10. The van der Waals surface area contributed by atoms with Crippen LogP contribution < -0.4 is 5.69 Å². The van der Waals surface area contributed by atoms with Gasteiger partial charge in [-0.15, -0.1) is 0 Å². The van der Waals surface area contributed by atoms with Crippen molar-refractivity contribution in [3.63, 3.8) is 0 Å². The fourth-order valence-corrected chi connectivity index (χ4v) is 1.45. The molecule has 2 aromatic rings. The predicted molar refractivity (Wildman–Crippen MR) is 57.7 cm³/mol. The molecule has 0 fully saturated rings. The van der Waals surface area contributed by atoms with E-state index in [1.807, 2.05) is 30.3 Å². The van der Waals surface area contributed by atoms with Crippen LogP contribution in [0.3, 0.4) is 0 Å². The third kappa shape index (κ3) is 1.80. The van der Waals surface area contributed by atoms with Crippen LogP contribution in [0.4, 0.5) is 0 Å². The SMILES string of the molecule is O=c1[nH]c(-c2ccccc2)cc(=S)[nH]1. The number of benzene rings is 1. The van der Waals surface area contributed by atoms with E-state index in [-0.39, 0.29) is 5.69 Å². The molecule has 0 amide bonds. The van der Waals surface area contributed by atoms with Gasteiger partial charge in [-0.2, -0.15) is 0 Å². The van der Waals surface area contributed by atoms with Gasteiger partial charge in [0.25, 0.3) is 0 Å². The Labute approximate surface area is 85.4 Å². The zero-order valence-electron chi connectivity index (χ0n) is 7.28. The van der Waals surface area contributed by atoms with E-state index in [1.165, 1.54) is 0 Å². The average molecular weight is 204 g/mol. The monoisotopic (exact) mass is 204 g/mol. The molecule has 1 aromatic carbocycles. The molecule has 2 N–H and O–H groups in total. The quantitative estimate of drug-likeness (QED) is 0.699. The van der Waals surface area contributed by atoms with Gasteiger partial charge in [0.1, 0.15) is 4.64 Å². The molecule has 0 aliphatic carbocycles. The first kappa shape index (κ1) is 8.90. The lowest BCUT2D eigenvalue weighted by molar-refractivity contribution is 1.07. The second kappa shape index (κ2) is 3.59. The van der Waals surface area contributed by atoms with Crippen molar-refractivity contribution < 1.29 is 0 Å². The van der Waals surface area contributed by atoms with Crippen LogP contribution >= 0.6 is 12.2 Å². The Morgan fingerprint density at radius 2 is 1.79 bits per heavy atom. The van der Waals surface area contributed by atoms with Crippen molar-refractivity contribution in [2.75, 3.05) is 0 Å². The third-order valence-corrected chi connectivity index (χ3v) is 2.07. The van der Waals surface area contributed by atoms with E-state index in [1.54, 1.807) is 6.07 Å². The Balaban J connectivity index is 2.64. The largest absolute Gasteiger partial charge is 0.324 e. The number of H-pyrrole nitrogens is 2. The van der Waals surface area contributed by atoms with Crippen LogP contribution in [-0.4, -0.2) is 9.97 Å². The van der Waals surface area contributed by atoms with E-state index >= 15 is 0 Å². The molecule has 0 atom stereocenters. The first-order chi connectivity index (χ1) is 6.75. The normalized spacial score (nSPS) is 10.0. The maximum atomic E-state index is 11.1. The molecule has 0 spiro atoms. The lowest BCUT2D eigenvalue weighted by atomic mass is 10.1. The van der Waals surface area contributed by atoms with Crippen molar-refractivity contribution in [3.8, 4) is 11.3 Å². The number of hydrogen-bond acceptors (Lipinski definition) is 2. The highest BCUT2D eigenvalue weighted by molar-refractivity contribution is 7.71. The summed E-state index contributed by atoms with van der Waals surface area (Å²) < 4.78 is 0.438. The molecule has 0 aliphatic heterocycles. The summed E-state index contributed by atoms with van der Waals surface area (Å²) in [6, 6.07) is 11.3. The second-order valence-corrected chi connectivity index (χ2v) is 3.31. The van der Waals surface area contributed by atoms with Gasteiger partial charge >= 0.3 is 5.69 Å². The van der Waals surface area contributed by atoms with E-state index in [9.17, 15) is 4.79 Å². The van der Waals surface area contributed by atoms with Gasteiger partial charge in [-0.25, -0.2) is 4.79 Å². The zero-order chi connectivity index (χ0) is 9.97. The van der Waals surface area contributed by atoms with E-state index in [2.05, 4.69) is 9.97 Å². The Morgan fingerprint density at radius 3 is 2.43 bits per heavy atom. The first-order valence-electron chi connectivity index (χ1n) is 4.15. The minimum atomic E-state index is -0.281. The summed E-state index contributed by atoms with van der Waals surface area (Å²) in [4.78, 5) is 16.3. The predicted octanol–water partition coefficient (Wildman–Crippen LogP) is 2.10. The molecule has 0 aliphatic rings.